The zero-order valence-corrected chi connectivity index (χ0v) is 13.0. The molecule has 1 aromatic carbocycles. The molecule has 1 aliphatic rings. The summed E-state index contributed by atoms with van der Waals surface area (Å²) in [5.41, 5.74) is 7.71. The Hall–Kier alpha value is -1.85. The van der Waals surface area contributed by atoms with Gasteiger partial charge in [-0.3, -0.25) is 4.79 Å². The topological polar surface area (TPSA) is 51.3 Å². The first-order valence-electron chi connectivity index (χ1n) is 7.09. The first-order chi connectivity index (χ1) is 10.2. The van der Waals surface area contributed by atoms with Gasteiger partial charge < -0.3 is 15.2 Å². The number of hydrogen-bond acceptors (Lipinski definition) is 2. The van der Waals surface area contributed by atoms with Gasteiger partial charge in [-0.1, -0.05) is 0 Å². The molecule has 6 heteroatoms. The van der Waals surface area contributed by atoms with E-state index in [-0.39, 0.29) is 24.9 Å². The summed E-state index contributed by atoms with van der Waals surface area (Å²) in [7, 11) is 0. The van der Waals surface area contributed by atoms with E-state index >= 15 is 0 Å². The highest BCUT2D eigenvalue weighted by Crippen LogP contribution is 2.21. The molecule has 118 valence electrons. The Labute approximate surface area is 134 Å². The van der Waals surface area contributed by atoms with E-state index in [2.05, 4.69) is 0 Å². The van der Waals surface area contributed by atoms with Gasteiger partial charge in [0.15, 0.2) is 0 Å². The maximum absolute atomic E-state index is 12.6. The highest BCUT2D eigenvalue weighted by atomic mass is 35.5. The number of benzene rings is 1. The first-order valence-corrected chi connectivity index (χ1v) is 7.09. The van der Waals surface area contributed by atoms with Gasteiger partial charge in [0, 0.05) is 48.8 Å². The van der Waals surface area contributed by atoms with Crippen LogP contribution in [-0.2, 0) is 6.54 Å². The number of aromatic nitrogens is 1. The van der Waals surface area contributed by atoms with E-state index in [0.29, 0.717) is 24.0 Å². The molecule has 1 amide bonds. The number of halogens is 2. The molecule has 2 N–H and O–H groups in total. The number of nitrogens with zero attached hydrogens (tertiary/aromatic N) is 2. The molecule has 1 aliphatic heterocycles. The zero-order valence-electron chi connectivity index (χ0n) is 12.2. The Balaban J connectivity index is 0.00000176. The summed E-state index contributed by atoms with van der Waals surface area (Å²) in [6, 6.07) is 7.58. The summed E-state index contributed by atoms with van der Waals surface area (Å²) in [5, 5.41) is 0.983. The van der Waals surface area contributed by atoms with Crippen LogP contribution >= 0.6 is 12.4 Å². The summed E-state index contributed by atoms with van der Waals surface area (Å²) < 4.78 is 14.6. The van der Waals surface area contributed by atoms with E-state index < -0.39 is 0 Å². The standard InChI is InChI=1S/C16H18FN3O.ClH/c17-9-12(10-18)11-20-7-4-13-8-14(2-3-15(13)20)16(21)19-5-1-6-19;/h2-4,7-9H,1,5-6,10-11,18H2;1H. The summed E-state index contributed by atoms with van der Waals surface area (Å²) in [4.78, 5) is 14.0. The van der Waals surface area contributed by atoms with E-state index in [0.717, 1.165) is 30.4 Å². The van der Waals surface area contributed by atoms with Crippen molar-refractivity contribution in [3.05, 3.63) is 47.9 Å². The highest BCUT2D eigenvalue weighted by Gasteiger charge is 2.21. The Morgan fingerprint density at radius 3 is 2.68 bits per heavy atom. The Morgan fingerprint density at radius 2 is 2.09 bits per heavy atom. The van der Waals surface area contributed by atoms with Gasteiger partial charge in [0.2, 0.25) is 0 Å². The third-order valence-corrected chi connectivity index (χ3v) is 3.95. The van der Waals surface area contributed by atoms with Gasteiger partial charge >= 0.3 is 0 Å². The van der Waals surface area contributed by atoms with Gasteiger partial charge in [-0.2, -0.15) is 0 Å². The molecule has 3 rings (SSSR count). The third kappa shape index (κ3) is 3.00. The molecule has 0 unspecified atom stereocenters. The van der Waals surface area contributed by atoms with Crippen molar-refractivity contribution in [2.45, 2.75) is 13.0 Å². The number of likely N-dealkylation sites (tertiary alicyclic amines) is 1. The predicted molar refractivity (Wildman–Crippen MR) is 88.0 cm³/mol. The second kappa shape index (κ2) is 6.94. The van der Waals surface area contributed by atoms with Crippen LogP contribution in [0, 0.1) is 0 Å². The molecule has 22 heavy (non-hydrogen) atoms. The van der Waals surface area contributed by atoms with Crippen LogP contribution in [0.2, 0.25) is 0 Å². The molecule has 0 bridgehead atoms. The lowest BCUT2D eigenvalue weighted by atomic mass is 10.1. The molecule has 2 aromatic rings. The fourth-order valence-corrected chi connectivity index (χ4v) is 2.54. The minimum atomic E-state index is 0. The van der Waals surface area contributed by atoms with Gasteiger partial charge in [0.05, 0.1) is 6.33 Å². The smallest absolute Gasteiger partial charge is 0.253 e. The average Bonchev–Trinajstić information content (AvgIpc) is 2.85. The molecule has 0 spiro atoms. The zero-order chi connectivity index (χ0) is 14.8. The molecule has 0 atom stereocenters. The van der Waals surface area contributed by atoms with Crippen LogP contribution in [0.1, 0.15) is 16.8 Å². The maximum atomic E-state index is 12.6. The number of nitrogens with two attached hydrogens (primary N) is 1. The Bertz CT molecular complexity index is 706. The molecule has 2 heterocycles. The third-order valence-electron chi connectivity index (χ3n) is 3.95. The lowest BCUT2D eigenvalue weighted by Gasteiger charge is -2.30. The van der Waals surface area contributed by atoms with Crippen molar-refractivity contribution in [1.29, 1.82) is 0 Å². The predicted octanol–water partition coefficient (Wildman–Crippen LogP) is 2.72. The Kier molecular flexibility index (Phi) is 5.21. The van der Waals surface area contributed by atoms with Gasteiger partial charge in [0.25, 0.3) is 5.91 Å². The number of amides is 1. The summed E-state index contributed by atoms with van der Waals surface area (Å²) in [6.07, 6.45) is 3.54. The van der Waals surface area contributed by atoms with Gasteiger partial charge in [-0.05, 0) is 36.3 Å². The van der Waals surface area contributed by atoms with Crippen LogP contribution in [0.25, 0.3) is 10.9 Å². The highest BCUT2D eigenvalue weighted by molar-refractivity contribution is 5.98. The van der Waals surface area contributed by atoms with E-state index in [9.17, 15) is 9.18 Å². The van der Waals surface area contributed by atoms with Crippen molar-refractivity contribution in [2.75, 3.05) is 19.6 Å². The maximum Gasteiger partial charge on any atom is 0.253 e. The molecular weight excluding hydrogens is 305 g/mol. The largest absolute Gasteiger partial charge is 0.343 e. The lowest BCUT2D eigenvalue weighted by molar-refractivity contribution is 0.0652. The second-order valence-electron chi connectivity index (χ2n) is 5.33. The van der Waals surface area contributed by atoms with Crippen LogP contribution in [0.3, 0.4) is 0 Å². The molecule has 1 fully saturated rings. The fourth-order valence-electron chi connectivity index (χ4n) is 2.54. The second-order valence-corrected chi connectivity index (χ2v) is 5.33. The molecule has 0 saturated carbocycles. The molecule has 1 aromatic heterocycles. The average molecular weight is 324 g/mol. The number of carbonyl (C=O) groups excluding carboxylic acids is 1. The Morgan fingerprint density at radius 1 is 1.32 bits per heavy atom. The van der Waals surface area contributed by atoms with Crippen LogP contribution in [0.15, 0.2) is 42.4 Å². The number of carbonyl (C=O) groups is 1. The van der Waals surface area contributed by atoms with Crippen LogP contribution < -0.4 is 5.73 Å². The van der Waals surface area contributed by atoms with Crippen molar-refractivity contribution in [2.24, 2.45) is 5.73 Å². The van der Waals surface area contributed by atoms with Crippen molar-refractivity contribution in [3.8, 4) is 0 Å². The van der Waals surface area contributed by atoms with Crippen LogP contribution in [-0.4, -0.2) is 35.0 Å². The number of fused-ring (bicyclic) bond motifs is 1. The normalized spacial score (nSPS) is 14.6. The van der Waals surface area contributed by atoms with E-state index in [4.69, 9.17) is 5.73 Å². The molecule has 4 nitrogen and oxygen atoms in total. The lowest BCUT2D eigenvalue weighted by Crippen LogP contribution is -2.41. The van der Waals surface area contributed by atoms with Crippen molar-refractivity contribution in [3.63, 3.8) is 0 Å². The van der Waals surface area contributed by atoms with Gasteiger partial charge in [-0.25, -0.2) is 4.39 Å². The van der Waals surface area contributed by atoms with E-state index in [1.54, 1.807) is 0 Å². The first kappa shape index (κ1) is 16.5. The van der Waals surface area contributed by atoms with E-state index in [1.807, 2.05) is 39.9 Å². The summed E-state index contributed by atoms with van der Waals surface area (Å²) >= 11 is 0. The minimum absolute atomic E-state index is 0. The minimum Gasteiger partial charge on any atom is -0.343 e. The molecular formula is C16H19ClFN3O. The quantitative estimate of drug-likeness (QED) is 0.940. The molecule has 1 saturated heterocycles. The van der Waals surface area contributed by atoms with E-state index in [1.165, 1.54) is 0 Å². The van der Waals surface area contributed by atoms with Crippen molar-refractivity contribution >= 4 is 29.2 Å². The number of rotatable bonds is 4. The number of hydrogen-bond donors (Lipinski definition) is 1. The van der Waals surface area contributed by atoms with Crippen LogP contribution in [0.4, 0.5) is 4.39 Å². The van der Waals surface area contributed by atoms with Crippen molar-refractivity contribution < 1.29 is 9.18 Å². The molecule has 0 aliphatic carbocycles. The van der Waals surface area contributed by atoms with Crippen molar-refractivity contribution in [1.82, 2.24) is 9.47 Å². The summed E-state index contributed by atoms with van der Waals surface area (Å²) in [6.45, 7) is 2.32. The molecule has 0 radical (unpaired) electrons. The van der Waals surface area contributed by atoms with Crippen LogP contribution in [0.5, 0.6) is 0 Å². The van der Waals surface area contributed by atoms with Gasteiger partial charge in [0.1, 0.15) is 0 Å². The SMILES string of the molecule is Cl.NCC(=CF)Cn1ccc2cc(C(=O)N3CCC3)ccc21. The summed E-state index contributed by atoms with van der Waals surface area (Å²) in [5.74, 6) is 0.0854. The van der Waals surface area contributed by atoms with Gasteiger partial charge in [-0.15, -0.1) is 12.4 Å². The monoisotopic (exact) mass is 323 g/mol. The fraction of sp³-hybridized carbons (Fsp3) is 0.312.